The summed E-state index contributed by atoms with van der Waals surface area (Å²) in [7, 11) is 0. The molecule has 0 radical (unpaired) electrons. The van der Waals surface area contributed by atoms with E-state index in [4.69, 9.17) is 14.6 Å². The molecule has 2 amide bonds. The highest BCUT2D eigenvalue weighted by atomic mass is 79.9. The van der Waals surface area contributed by atoms with Gasteiger partial charge in [0.15, 0.2) is 5.84 Å². The third-order valence-electron chi connectivity index (χ3n) is 5.20. The zero-order valence-corrected chi connectivity index (χ0v) is 19.7. The Morgan fingerprint density at radius 2 is 1.94 bits per heavy atom. The normalized spacial score (nSPS) is 19.6. The van der Waals surface area contributed by atoms with E-state index in [9.17, 15) is 9.59 Å². The molecule has 168 valence electrons. The molecule has 1 aromatic heterocycles. The van der Waals surface area contributed by atoms with Gasteiger partial charge in [-0.25, -0.2) is 0 Å². The second kappa shape index (κ2) is 9.08. The first-order valence-corrected chi connectivity index (χ1v) is 11.8. The fraction of sp³-hybridized carbons (Fsp3) is 0.227. The fourth-order valence-corrected chi connectivity index (χ4v) is 4.64. The van der Waals surface area contributed by atoms with E-state index in [1.54, 1.807) is 17.0 Å². The molecule has 0 saturated carbocycles. The molecule has 1 aromatic carbocycles. The number of furan rings is 1. The highest BCUT2D eigenvalue weighted by molar-refractivity contribution is 9.10. The minimum Gasteiger partial charge on any atom is -0.457 e. The van der Waals surface area contributed by atoms with Crippen LogP contribution >= 0.6 is 27.7 Å². The predicted octanol–water partition coefficient (Wildman–Crippen LogP) is 3.58. The predicted molar refractivity (Wildman–Crippen MR) is 129 cm³/mol. The highest BCUT2D eigenvalue weighted by Crippen LogP contribution is 2.31. The Labute approximate surface area is 201 Å². The number of hydrogen-bond acceptors (Lipinski definition) is 7. The maximum atomic E-state index is 12.6. The molecule has 0 atom stereocenters. The first-order valence-electron chi connectivity index (χ1n) is 10.2. The summed E-state index contributed by atoms with van der Waals surface area (Å²) in [5.74, 6) is 0.365. The number of aliphatic imine (C=N–C) groups is 1. The van der Waals surface area contributed by atoms with Crippen molar-refractivity contribution in [1.29, 1.82) is 5.41 Å². The lowest BCUT2D eigenvalue weighted by Gasteiger charge is -2.26. The van der Waals surface area contributed by atoms with E-state index in [1.807, 2.05) is 24.3 Å². The van der Waals surface area contributed by atoms with E-state index in [2.05, 4.69) is 26.0 Å². The molecule has 1 saturated heterocycles. The zero-order valence-electron chi connectivity index (χ0n) is 17.3. The summed E-state index contributed by atoms with van der Waals surface area (Å²) in [6, 6.07) is 11.2. The second-order valence-electron chi connectivity index (χ2n) is 7.39. The Morgan fingerprint density at radius 1 is 1.18 bits per heavy atom. The third kappa shape index (κ3) is 4.56. The molecule has 1 fully saturated rings. The number of thioether (sulfide) groups is 1. The molecular formula is C22H18BrN5O4S. The quantitative estimate of drug-likeness (QED) is 0.608. The van der Waals surface area contributed by atoms with Crippen molar-refractivity contribution in [3.05, 3.63) is 52.2 Å². The Kier molecular flexibility index (Phi) is 6.00. The van der Waals surface area contributed by atoms with Crippen molar-refractivity contribution in [2.75, 3.05) is 26.3 Å². The molecule has 11 heteroatoms. The van der Waals surface area contributed by atoms with Crippen LogP contribution in [0.4, 0.5) is 0 Å². The van der Waals surface area contributed by atoms with Crippen LogP contribution in [-0.2, 0) is 14.3 Å². The van der Waals surface area contributed by atoms with Gasteiger partial charge in [-0.2, -0.15) is 15.1 Å². The molecule has 0 spiro atoms. The van der Waals surface area contributed by atoms with Crippen LogP contribution in [0.5, 0.6) is 0 Å². The number of nitrogens with zero attached hydrogens (tertiary/aromatic N) is 4. The van der Waals surface area contributed by atoms with E-state index in [-0.39, 0.29) is 28.9 Å². The minimum atomic E-state index is -0.545. The number of ether oxygens (including phenoxy) is 1. The number of morpholine rings is 1. The molecule has 3 aliphatic heterocycles. The summed E-state index contributed by atoms with van der Waals surface area (Å²) < 4.78 is 12.1. The van der Waals surface area contributed by atoms with Crippen LogP contribution in [-0.4, -0.2) is 64.1 Å². The Bertz CT molecular complexity index is 1230. The van der Waals surface area contributed by atoms with Gasteiger partial charge in [-0.05, 0) is 42.1 Å². The maximum absolute atomic E-state index is 12.6. The van der Waals surface area contributed by atoms with Gasteiger partial charge in [0.2, 0.25) is 11.1 Å². The van der Waals surface area contributed by atoms with Gasteiger partial charge in [-0.1, -0.05) is 28.1 Å². The lowest BCUT2D eigenvalue weighted by molar-refractivity contribution is -0.133. The average molecular weight is 528 g/mol. The van der Waals surface area contributed by atoms with Crippen molar-refractivity contribution in [3.8, 4) is 11.3 Å². The molecule has 1 N–H and O–H groups in total. The van der Waals surface area contributed by atoms with Gasteiger partial charge in [-0.3, -0.25) is 15.0 Å². The van der Waals surface area contributed by atoms with Gasteiger partial charge in [0.1, 0.15) is 16.6 Å². The molecule has 0 bridgehead atoms. The summed E-state index contributed by atoms with van der Waals surface area (Å²) in [6.45, 7) is 2.14. The van der Waals surface area contributed by atoms with Gasteiger partial charge < -0.3 is 14.1 Å². The molecule has 4 heterocycles. The second-order valence-corrected chi connectivity index (χ2v) is 9.35. The fourth-order valence-electron chi connectivity index (χ4n) is 3.50. The maximum Gasteiger partial charge on any atom is 0.283 e. The first-order chi connectivity index (χ1) is 16.0. The summed E-state index contributed by atoms with van der Waals surface area (Å²) in [6.07, 6.45) is 1.58. The molecule has 0 unspecified atom stereocenters. The lowest BCUT2D eigenvalue weighted by atomic mass is 10.1. The van der Waals surface area contributed by atoms with Gasteiger partial charge in [0.05, 0.1) is 25.2 Å². The van der Waals surface area contributed by atoms with Gasteiger partial charge in [-0.15, -0.1) is 0 Å². The van der Waals surface area contributed by atoms with Crippen LogP contribution in [0.15, 0.2) is 61.0 Å². The van der Waals surface area contributed by atoms with Crippen LogP contribution in [0.2, 0.25) is 0 Å². The van der Waals surface area contributed by atoms with Crippen molar-refractivity contribution in [2.45, 2.75) is 6.42 Å². The molecule has 9 nitrogen and oxygen atoms in total. The molecule has 3 aliphatic rings. The number of halogens is 1. The lowest BCUT2D eigenvalue weighted by Crippen LogP contribution is -2.41. The Balaban J connectivity index is 1.33. The standard InChI is InChI=1S/C22H18BrN5O4S/c23-14-3-1-13(2-4-14)17-6-5-15(32-17)11-16-20(24)28-22(25-21(16)30)33-18(26-28)12-19(29)27-7-9-31-10-8-27/h1-6,11,24H,7-10,12H2/b16-11+,24-20?. The number of hydrazone groups is 1. The van der Waals surface area contributed by atoms with Crippen LogP contribution in [0.1, 0.15) is 12.2 Å². The first kappa shape index (κ1) is 21.8. The number of carbonyl (C=O) groups is 2. The van der Waals surface area contributed by atoms with Crippen LogP contribution in [0.25, 0.3) is 17.4 Å². The number of rotatable bonds is 4. The van der Waals surface area contributed by atoms with Crippen molar-refractivity contribution in [1.82, 2.24) is 9.91 Å². The van der Waals surface area contributed by atoms with Crippen molar-refractivity contribution in [3.63, 3.8) is 0 Å². The molecule has 2 aromatic rings. The summed E-state index contributed by atoms with van der Waals surface area (Å²) in [5, 5.41) is 14.9. The molecular weight excluding hydrogens is 510 g/mol. The highest BCUT2D eigenvalue weighted by Gasteiger charge is 2.36. The molecule has 33 heavy (non-hydrogen) atoms. The minimum absolute atomic E-state index is 0.0605. The Hall–Kier alpha value is -3.02. The zero-order chi connectivity index (χ0) is 22.9. The monoisotopic (exact) mass is 527 g/mol. The van der Waals surface area contributed by atoms with Crippen LogP contribution < -0.4 is 0 Å². The molecule has 5 rings (SSSR count). The number of hydrogen-bond donors (Lipinski definition) is 1. The van der Waals surface area contributed by atoms with E-state index >= 15 is 0 Å². The molecule has 0 aliphatic carbocycles. The van der Waals surface area contributed by atoms with Crippen LogP contribution in [0, 0.1) is 5.41 Å². The Morgan fingerprint density at radius 3 is 2.70 bits per heavy atom. The number of fused-ring (bicyclic) bond motifs is 1. The van der Waals surface area contributed by atoms with Crippen molar-refractivity contribution < 1.29 is 18.7 Å². The van der Waals surface area contributed by atoms with E-state index in [0.29, 0.717) is 42.9 Å². The van der Waals surface area contributed by atoms with Gasteiger partial charge in [0, 0.05) is 23.1 Å². The topological polar surface area (TPSA) is 112 Å². The summed E-state index contributed by atoms with van der Waals surface area (Å²) in [5.41, 5.74) is 0.962. The number of amides is 2. The third-order valence-corrected chi connectivity index (χ3v) is 6.64. The summed E-state index contributed by atoms with van der Waals surface area (Å²) in [4.78, 5) is 30.9. The largest absolute Gasteiger partial charge is 0.457 e. The van der Waals surface area contributed by atoms with E-state index < -0.39 is 5.91 Å². The van der Waals surface area contributed by atoms with Gasteiger partial charge >= 0.3 is 0 Å². The van der Waals surface area contributed by atoms with E-state index in [0.717, 1.165) is 21.8 Å². The SMILES string of the molecule is N=C1/C(=C\c2ccc(-c3ccc(Br)cc3)o2)C(=O)N=C2SC(CC(=O)N3CCOCC3)=NN12. The average Bonchev–Trinajstić information content (AvgIpc) is 3.45. The van der Waals surface area contributed by atoms with Gasteiger partial charge in [0.25, 0.3) is 5.91 Å². The number of nitrogens with one attached hydrogen (secondary N) is 1. The van der Waals surface area contributed by atoms with Crippen molar-refractivity contribution in [2.24, 2.45) is 10.1 Å². The smallest absolute Gasteiger partial charge is 0.283 e. The number of carbonyl (C=O) groups excluding carboxylic acids is 2. The number of amidine groups is 2. The van der Waals surface area contributed by atoms with Crippen LogP contribution in [0.3, 0.4) is 0 Å². The number of benzene rings is 1. The van der Waals surface area contributed by atoms with Crippen molar-refractivity contribution >= 4 is 61.6 Å². The van der Waals surface area contributed by atoms with E-state index in [1.165, 1.54) is 11.1 Å². The summed E-state index contributed by atoms with van der Waals surface area (Å²) >= 11 is 4.54.